The van der Waals surface area contributed by atoms with E-state index < -0.39 is 0 Å². The highest BCUT2D eigenvalue weighted by molar-refractivity contribution is 4.94. The molecule has 10 heavy (non-hydrogen) atoms. The fraction of sp³-hybridized carbons (Fsp3) is 0.500. The number of nitrogens with zero attached hydrogens (tertiary/aromatic N) is 1. The maximum atomic E-state index is 8.53. The van der Waals surface area contributed by atoms with E-state index in [4.69, 9.17) is 14.6 Å². The monoisotopic (exact) mass is 143 g/mol. The van der Waals surface area contributed by atoms with Gasteiger partial charge < -0.3 is 14.6 Å². The van der Waals surface area contributed by atoms with Crippen LogP contribution in [0.15, 0.2) is 10.7 Å². The fourth-order valence-electron chi connectivity index (χ4n) is 0.632. The SMILES string of the molecule is OCCc1nc(CO)co1. The Hall–Kier alpha value is -0.870. The Balaban J connectivity index is 2.59. The van der Waals surface area contributed by atoms with Crippen molar-refractivity contribution in [1.82, 2.24) is 4.98 Å². The van der Waals surface area contributed by atoms with Crippen LogP contribution in [0.1, 0.15) is 11.6 Å². The van der Waals surface area contributed by atoms with Gasteiger partial charge in [0, 0.05) is 6.42 Å². The first kappa shape index (κ1) is 7.24. The minimum atomic E-state index is -0.116. The summed E-state index contributed by atoms with van der Waals surface area (Å²) in [6.45, 7) is -0.0969. The number of aliphatic hydroxyl groups is 2. The zero-order chi connectivity index (χ0) is 7.40. The lowest BCUT2D eigenvalue weighted by Gasteiger charge is -1.85. The first-order valence-electron chi connectivity index (χ1n) is 3.02. The lowest BCUT2D eigenvalue weighted by Crippen LogP contribution is -1.91. The third-order valence-corrected chi connectivity index (χ3v) is 1.09. The van der Waals surface area contributed by atoms with Gasteiger partial charge in [-0.3, -0.25) is 0 Å². The summed E-state index contributed by atoms with van der Waals surface area (Å²) in [5.74, 6) is 0.464. The predicted molar refractivity (Wildman–Crippen MR) is 33.2 cm³/mol. The van der Waals surface area contributed by atoms with E-state index in [1.165, 1.54) is 6.26 Å². The van der Waals surface area contributed by atoms with Crippen molar-refractivity contribution < 1.29 is 14.6 Å². The quantitative estimate of drug-likeness (QED) is 0.609. The van der Waals surface area contributed by atoms with Gasteiger partial charge in [-0.15, -0.1) is 0 Å². The summed E-state index contributed by atoms with van der Waals surface area (Å²) in [6.07, 6.45) is 1.78. The molecule has 1 rings (SSSR count). The molecule has 1 aromatic heterocycles. The van der Waals surface area contributed by atoms with Crippen molar-refractivity contribution >= 4 is 0 Å². The van der Waals surface area contributed by atoms with Crippen LogP contribution >= 0.6 is 0 Å². The maximum Gasteiger partial charge on any atom is 0.196 e. The third kappa shape index (κ3) is 1.55. The van der Waals surface area contributed by atoms with Crippen molar-refractivity contribution in [3.05, 3.63) is 17.8 Å². The Kier molecular flexibility index (Phi) is 2.42. The molecule has 0 radical (unpaired) electrons. The predicted octanol–water partition coefficient (Wildman–Crippen LogP) is -0.298. The number of hydrogen-bond donors (Lipinski definition) is 2. The van der Waals surface area contributed by atoms with Gasteiger partial charge >= 0.3 is 0 Å². The molecule has 0 atom stereocenters. The van der Waals surface area contributed by atoms with Gasteiger partial charge in [-0.25, -0.2) is 4.98 Å². The second kappa shape index (κ2) is 3.34. The molecule has 2 N–H and O–H groups in total. The van der Waals surface area contributed by atoms with Gasteiger partial charge in [0.15, 0.2) is 5.89 Å². The molecule has 0 fully saturated rings. The lowest BCUT2D eigenvalue weighted by atomic mass is 10.4. The van der Waals surface area contributed by atoms with E-state index in [1.807, 2.05) is 0 Å². The Labute approximate surface area is 58.1 Å². The first-order chi connectivity index (χ1) is 4.86. The molecule has 56 valence electrons. The molecule has 0 aliphatic carbocycles. The average molecular weight is 143 g/mol. The standard InChI is InChI=1S/C6H9NO3/c8-2-1-6-7-5(3-9)4-10-6/h4,8-9H,1-3H2. The smallest absolute Gasteiger partial charge is 0.196 e. The van der Waals surface area contributed by atoms with Crippen molar-refractivity contribution in [2.24, 2.45) is 0 Å². The molecule has 4 heteroatoms. The van der Waals surface area contributed by atoms with Gasteiger partial charge in [0.05, 0.1) is 13.2 Å². The van der Waals surface area contributed by atoms with Crippen LogP contribution in [0.25, 0.3) is 0 Å². The van der Waals surface area contributed by atoms with Gasteiger partial charge in [-0.1, -0.05) is 0 Å². The zero-order valence-electron chi connectivity index (χ0n) is 5.45. The summed E-state index contributed by atoms with van der Waals surface area (Å²) in [4.78, 5) is 3.84. The summed E-state index contributed by atoms with van der Waals surface area (Å²) in [6, 6.07) is 0. The zero-order valence-corrected chi connectivity index (χ0v) is 5.45. The third-order valence-electron chi connectivity index (χ3n) is 1.09. The Morgan fingerprint density at radius 2 is 2.30 bits per heavy atom. The molecule has 0 saturated carbocycles. The van der Waals surface area contributed by atoms with Crippen LogP contribution in [-0.4, -0.2) is 21.8 Å². The Morgan fingerprint density at radius 3 is 2.80 bits per heavy atom. The van der Waals surface area contributed by atoms with Crippen LogP contribution in [0.4, 0.5) is 0 Å². The summed E-state index contributed by atoms with van der Waals surface area (Å²) in [5.41, 5.74) is 0.503. The molecular formula is C6H9NO3. The summed E-state index contributed by atoms with van der Waals surface area (Å²) in [7, 11) is 0. The van der Waals surface area contributed by atoms with Gasteiger partial charge in [-0.2, -0.15) is 0 Å². The number of aromatic nitrogens is 1. The molecule has 0 aliphatic heterocycles. The van der Waals surface area contributed by atoms with Crippen molar-refractivity contribution in [2.75, 3.05) is 6.61 Å². The molecule has 1 heterocycles. The molecule has 1 aromatic rings. The topological polar surface area (TPSA) is 66.5 Å². The second-order valence-corrected chi connectivity index (χ2v) is 1.86. The molecule has 0 bridgehead atoms. The normalized spacial score (nSPS) is 10.2. The Bertz CT molecular complexity index is 197. The van der Waals surface area contributed by atoms with E-state index in [-0.39, 0.29) is 13.2 Å². The molecule has 0 unspecified atom stereocenters. The van der Waals surface area contributed by atoms with Crippen LogP contribution in [0.3, 0.4) is 0 Å². The number of hydrogen-bond acceptors (Lipinski definition) is 4. The van der Waals surface area contributed by atoms with Gasteiger partial charge in [0.1, 0.15) is 12.0 Å². The highest BCUT2D eigenvalue weighted by Gasteiger charge is 2.00. The summed E-state index contributed by atoms with van der Waals surface area (Å²) < 4.78 is 4.86. The van der Waals surface area contributed by atoms with Gasteiger partial charge in [0.25, 0.3) is 0 Å². The van der Waals surface area contributed by atoms with Crippen LogP contribution in [0, 0.1) is 0 Å². The molecule has 0 amide bonds. The van der Waals surface area contributed by atoms with Gasteiger partial charge in [0.2, 0.25) is 0 Å². The molecule has 4 nitrogen and oxygen atoms in total. The maximum absolute atomic E-state index is 8.53. The first-order valence-corrected chi connectivity index (χ1v) is 3.02. The number of aliphatic hydroxyl groups excluding tert-OH is 2. The van der Waals surface area contributed by atoms with E-state index in [1.54, 1.807) is 0 Å². The van der Waals surface area contributed by atoms with Crippen molar-refractivity contribution in [2.45, 2.75) is 13.0 Å². The van der Waals surface area contributed by atoms with E-state index in [0.717, 1.165) is 0 Å². The molecule has 0 spiro atoms. The van der Waals surface area contributed by atoms with Crippen molar-refractivity contribution in [1.29, 1.82) is 0 Å². The van der Waals surface area contributed by atoms with Crippen LogP contribution in [0.2, 0.25) is 0 Å². The second-order valence-electron chi connectivity index (χ2n) is 1.86. The molecule has 0 saturated heterocycles. The fourth-order valence-corrected chi connectivity index (χ4v) is 0.632. The van der Waals surface area contributed by atoms with Crippen molar-refractivity contribution in [3.63, 3.8) is 0 Å². The Morgan fingerprint density at radius 1 is 1.50 bits per heavy atom. The summed E-state index contributed by atoms with van der Waals surface area (Å²) >= 11 is 0. The summed E-state index contributed by atoms with van der Waals surface area (Å²) in [5, 5.41) is 17.0. The van der Waals surface area contributed by atoms with E-state index in [9.17, 15) is 0 Å². The minimum Gasteiger partial charge on any atom is -0.449 e. The largest absolute Gasteiger partial charge is 0.449 e. The van der Waals surface area contributed by atoms with Crippen molar-refractivity contribution in [3.8, 4) is 0 Å². The van der Waals surface area contributed by atoms with Crippen LogP contribution < -0.4 is 0 Å². The van der Waals surface area contributed by atoms with Crippen LogP contribution in [-0.2, 0) is 13.0 Å². The van der Waals surface area contributed by atoms with E-state index in [0.29, 0.717) is 18.0 Å². The van der Waals surface area contributed by atoms with E-state index >= 15 is 0 Å². The number of rotatable bonds is 3. The van der Waals surface area contributed by atoms with Gasteiger partial charge in [-0.05, 0) is 0 Å². The van der Waals surface area contributed by atoms with E-state index in [2.05, 4.69) is 4.98 Å². The lowest BCUT2D eigenvalue weighted by molar-refractivity contribution is 0.276. The molecule has 0 aromatic carbocycles. The highest BCUT2D eigenvalue weighted by atomic mass is 16.3. The highest BCUT2D eigenvalue weighted by Crippen LogP contribution is 2.01. The minimum absolute atomic E-state index is 0.0192. The molecular weight excluding hydrogens is 134 g/mol. The van der Waals surface area contributed by atoms with Crippen LogP contribution in [0.5, 0.6) is 0 Å². The average Bonchev–Trinajstić information content (AvgIpc) is 2.37. The molecule has 0 aliphatic rings. The number of oxazole rings is 1.